The second-order valence-electron chi connectivity index (χ2n) is 4.19. The number of nitrogens with one attached hydrogen (secondary N) is 1. The Morgan fingerprint density at radius 3 is 2.75 bits per heavy atom. The van der Waals surface area contributed by atoms with Crippen molar-refractivity contribution in [2.45, 2.75) is 31.7 Å². The predicted octanol–water partition coefficient (Wildman–Crippen LogP) is 3.41. The van der Waals surface area contributed by atoms with Gasteiger partial charge in [-0.15, -0.1) is 0 Å². The van der Waals surface area contributed by atoms with Gasteiger partial charge in [0.05, 0.1) is 4.47 Å². The predicted molar refractivity (Wildman–Crippen MR) is 63.4 cm³/mol. The van der Waals surface area contributed by atoms with Gasteiger partial charge in [0.25, 0.3) is 0 Å². The maximum absolute atomic E-state index is 13.6. The Hall–Kier alpha value is -0.480. The standard InChI is InChI=1S/C12H14BrF2N/c13-10-5-4-8(11(14)12(10)15)7-9-3-1-2-6-16-9/h4-5,9,16H,1-3,6-7H2. The first-order valence-corrected chi connectivity index (χ1v) is 6.33. The molecule has 1 saturated heterocycles. The van der Waals surface area contributed by atoms with Gasteiger partial charge in [0.2, 0.25) is 0 Å². The molecule has 1 aromatic rings. The van der Waals surface area contributed by atoms with Crippen molar-refractivity contribution >= 4 is 15.9 Å². The van der Waals surface area contributed by atoms with E-state index in [9.17, 15) is 8.78 Å². The number of piperidine rings is 1. The molecule has 16 heavy (non-hydrogen) atoms. The van der Waals surface area contributed by atoms with Gasteiger partial charge in [-0.1, -0.05) is 12.5 Å². The van der Waals surface area contributed by atoms with E-state index in [0.717, 1.165) is 19.4 Å². The van der Waals surface area contributed by atoms with Crippen molar-refractivity contribution in [3.63, 3.8) is 0 Å². The molecule has 1 heterocycles. The Labute approximate surface area is 102 Å². The highest BCUT2D eigenvalue weighted by molar-refractivity contribution is 9.10. The van der Waals surface area contributed by atoms with Gasteiger partial charge >= 0.3 is 0 Å². The van der Waals surface area contributed by atoms with Crippen molar-refractivity contribution in [3.8, 4) is 0 Å². The van der Waals surface area contributed by atoms with Gasteiger partial charge < -0.3 is 5.32 Å². The summed E-state index contributed by atoms with van der Waals surface area (Å²) in [5.41, 5.74) is 0.458. The molecule has 0 saturated carbocycles. The van der Waals surface area contributed by atoms with Crippen LogP contribution in [0, 0.1) is 11.6 Å². The maximum Gasteiger partial charge on any atom is 0.173 e. The lowest BCUT2D eigenvalue weighted by Gasteiger charge is -2.23. The molecule has 1 aliphatic rings. The van der Waals surface area contributed by atoms with Gasteiger partial charge in [0, 0.05) is 6.04 Å². The molecular formula is C12H14BrF2N. The molecular weight excluding hydrogens is 276 g/mol. The number of rotatable bonds is 2. The minimum atomic E-state index is -0.784. The van der Waals surface area contributed by atoms with Gasteiger partial charge in [0.1, 0.15) is 0 Å². The molecule has 1 atom stereocenters. The van der Waals surface area contributed by atoms with Crippen molar-refractivity contribution in [1.82, 2.24) is 5.32 Å². The minimum Gasteiger partial charge on any atom is -0.314 e. The van der Waals surface area contributed by atoms with Crippen LogP contribution in [0.25, 0.3) is 0 Å². The van der Waals surface area contributed by atoms with Gasteiger partial charge in [-0.2, -0.15) is 0 Å². The van der Waals surface area contributed by atoms with Crippen molar-refractivity contribution < 1.29 is 8.78 Å². The smallest absolute Gasteiger partial charge is 0.173 e. The molecule has 88 valence electrons. The molecule has 1 aliphatic heterocycles. The summed E-state index contributed by atoms with van der Waals surface area (Å²) in [6, 6.07) is 3.50. The third-order valence-corrected chi connectivity index (χ3v) is 3.61. The van der Waals surface area contributed by atoms with Crippen molar-refractivity contribution in [1.29, 1.82) is 0 Å². The molecule has 1 fully saturated rings. The minimum absolute atomic E-state index is 0.186. The van der Waals surface area contributed by atoms with Crippen LogP contribution < -0.4 is 5.32 Å². The highest BCUT2D eigenvalue weighted by Crippen LogP contribution is 2.23. The van der Waals surface area contributed by atoms with Crippen LogP contribution in [0.2, 0.25) is 0 Å². The molecule has 0 aliphatic carbocycles. The first-order valence-electron chi connectivity index (χ1n) is 5.54. The molecule has 0 aromatic heterocycles. The fourth-order valence-corrected chi connectivity index (χ4v) is 2.39. The SMILES string of the molecule is Fc1c(Br)ccc(CC2CCCCN2)c1F. The van der Waals surface area contributed by atoms with Gasteiger partial charge in [-0.05, 0) is 53.4 Å². The zero-order chi connectivity index (χ0) is 11.5. The Balaban J connectivity index is 2.11. The number of halogens is 3. The molecule has 0 radical (unpaired) electrons. The zero-order valence-electron chi connectivity index (χ0n) is 8.90. The number of hydrogen-bond donors (Lipinski definition) is 1. The zero-order valence-corrected chi connectivity index (χ0v) is 10.5. The first-order chi connectivity index (χ1) is 7.68. The summed E-state index contributed by atoms with van der Waals surface area (Å²) in [6.45, 7) is 0.977. The summed E-state index contributed by atoms with van der Waals surface area (Å²) in [5.74, 6) is -1.50. The lowest BCUT2D eigenvalue weighted by molar-refractivity contribution is 0.391. The Kier molecular flexibility index (Phi) is 3.92. The summed E-state index contributed by atoms with van der Waals surface area (Å²) in [6.07, 6.45) is 3.94. The van der Waals surface area contributed by atoms with Crippen LogP contribution in [0.3, 0.4) is 0 Å². The molecule has 0 spiro atoms. The third-order valence-electron chi connectivity index (χ3n) is 2.99. The highest BCUT2D eigenvalue weighted by Gasteiger charge is 2.17. The van der Waals surface area contributed by atoms with Crippen molar-refractivity contribution in [2.24, 2.45) is 0 Å². The Bertz CT molecular complexity index is 376. The first kappa shape index (κ1) is 12.0. The van der Waals surface area contributed by atoms with E-state index >= 15 is 0 Å². The second-order valence-corrected chi connectivity index (χ2v) is 5.04. The highest BCUT2D eigenvalue weighted by atomic mass is 79.9. The molecule has 4 heteroatoms. The molecule has 1 unspecified atom stereocenters. The van der Waals surface area contributed by atoms with Gasteiger partial charge in [-0.3, -0.25) is 0 Å². The van der Waals surface area contributed by atoms with E-state index in [-0.39, 0.29) is 10.5 Å². The summed E-state index contributed by atoms with van der Waals surface area (Å²) < 4.78 is 27.1. The Morgan fingerprint density at radius 1 is 1.25 bits per heavy atom. The van der Waals surface area contributed by atoms with Gasteiger partial charge in [-0.25, -0.2) is 8.78 Å². The average Bonchev–Trinajstić information content (AvgIpc) is 2.31. The van der Waals surface area contributed by atoms with Crippen molar-refractivity contribution in [3.05, 3.63) is 33.8 Å². The van der Waals surface area contributed by atoms with Crippen LogP contribution >= 0.6 is 15.9 Å². The molecule has 1 N–H and O–H groups in total. The fourth-order valence-electron chi connectivity index (χ4n) is 2.09. The molecule has 1 nitrogen and oxygen atoms in total. The lowest BCUT2D eigenvalue weighted by Crippen LogP contribution is -2.35. The second kappa shape index (κ2) is 5.23. The maximum atomic E-state index is 13.6. The van der Waals surface area contributed by atoms with E-state index in [1.807, 2.05) is 0 Å². The topological polar surface area (TPSA) is 12.0 Å². The van der Waals surface area contributed by atoms with E-state index in [0.29, 0.717) is 12.0 Å². The molecule has 0 bridgehead atoms. The molecule has 2 rings (SSSR count). The number of benzene rings is 1. The lowest BCUT2D eigenvalue weighted by atomic mass is 9.97. The fraction of sp³-hybridized carbons (Fsp3) is 0.500. The quantitative estimate of drug-likeness (QED) is 0.823. The molecule has 0 amide bonds. The van der Waals surface area contributed by atoms with Gasteiger partial charge in [0.15, 0.2) is 11.6 Å². The van der Waals surface area contributed by atoms with Crippen LogP contribution in [0.1, 0.15) is 24.8 Å². The summed E-state index contributed by atoms with van der Waals surface area (Å²) >= 11 is 2.97. The monoisotopic (exact) mass is 289 g/mol. The van der Waals surface area contributed by atoms with Crippen LogP contribution in [0.4, 0.5) is 8.78 Å². The summed E-state index contributed by atoms with van der Waals surface area (Å²) in [4.78, 5) is 0. The van der Waals surface area contributed by atoms with Crippen LogP contribution in [0.15, 0.2) is 16.6 Å². The van der Waals surface area contributed by atoms with Crippen LogP contribution in [-0.2, 0) is 6.42 Å². The average molecular weight is 290 g/mol. The van der Waals surface area contributed by atoms with E-state index in [4.69, 9.17) is 0 Å². The molecule has 1 aromatic carbocycles. The van der Waals surface area contributed by atoms with E-state index in [1.165, 1.54) is 6.42 Å². The van der Waals surface area contributed by atoms with Crippen LogP contribution in [0.5, 0.6) is 0 Å². The largest absolute Gasteiger partial charge is 0.314 e. The van der Waals surface area contributed by atoms with E-state index < -0.39 is 11.6 Å². The Morgan fingerprint density at radius 2 is 2.06 bits per heavy atom. The summed E-state index contributed by atoms with van der Waals surface area (Å²) in [5, 5.41) is 3.33. The van der Waals surface area contributed by atoms with Crippen molar-refractivity contribution in [2.75, 3.05) is 6.54 Å². The van der Waals surface area contributed by atoms with Crippen LogP contribution in [-0.4, -0.2) is 12.6 Å². The normalized spacial score (nSPS) is 21.1. The third kappa shape index (κ3) is 2.61. The van der Waals surface area contributed by atoms with E-state index in [2.05, 4.69) is 21.2 Å². The van der Waals surface area contributed by atoms with E-state index in [1.54, 1.807) is 12.1 Å². The number of hydrogen-bond acceptors (Lipinski definition) is 1. The summed E-state index contributed by atoms with van der Waals surface area (Å²) in [7, 11) is 0.